The summed E-state index contributed by atoms with van der Waals surface area (Å²) >= 11 is 1.34. The van der Waals surface area contributed by atoms with E-state index in [0.717, 1.165) is 5.56 Å². The number of esters is 1. The Morgan fingerprint density at radius 3 is 2.49 bits per heavy atom. The lowest BCUT2D eigenvalue weighted by molar-refractivity contribution is -0.116. The van der Waals surface area contributed by atoms with Gasteiger partial charge in [-0.2, -0.15) is 0 Å². The summed E-state index contributed by atoms with van der Waals surface area (Å²) in [5, 5.41) is 3.05. The Balaban J connectivity index is 1.63. The second-order valence-electron chi connectivity index (χ2n) is 7.60. The predicted octanol–water partition coefficient (Wildman–Crippen LogP) is 5.11. The summed E-state index contributed by atoms with van der Waals surface area (Å²) in [5.74, 6) is 0.593. The molecule has 0 aliphatic rings. The number of nitrogens with zero attached hydrogens (tertiary/aromatic N) is 3. The molecular weight excluding hydrogens is 466 g/mol. The van der Waals surface area contributed by atoms with Crippen molar-refractivity contribution < 1.29 is 23.8 Å². The number of carbonyl (C=O) groups excluding carboxylic acids is 2. The van der Waals surface area contributed by atoms with E-state index in [1.165, 1.54) is 18.3 Å². The molecular formula is C26H25N3O5S. The normalized spacial score (nSPS) is 10.7. The minimum atomic E-state index is -0.487. The molecule has 180 valence electrons. The minimum absolute atomic E-state index is 0.00681. The first-order chi connectivity index (χ1) is 16.9. The number of pyridine rings is 1. The van der Waals surface area contributed by atoms with E-state index in [1.807, 2.05) is 43.3 Å². The van der Waals surface area contributed by atoms with Crippen LogP contribution in [-0.4, -0.2) is 42.6 Å². The van der Waals surface area contributed by atoms with Crippen molar-refractivity contribution in [2.75, 3.05) is 25.7 Å². The molecule has 1 amide bonds. The molecule has 2 aromatic carbocycles. The quantitative estimate of drug-likeness (QED) is 0.317. The van der Waals surface area contributed by atoms with Crippen LogP contribution >= 0.6 is 11.3 Å². The Kier molecular flexibility index (Phi) is 7.26. The zero-order chi connectivity index (χ0) is 24.9. The Hall–Kier alpha value is -3.98. The van der Waals surface area contributed by atoms with E-state index in [2.05, 4.69) is 4.98 Å². The van der Waals surface area contributed by atoms with Gasteiger partial charge in [-0.25, -0.2) is 14.8 Å². The van der Waals surface area contributed by atoms with Gasteiger partial charge >= 0.3 is 5.97 Å². The summed E-state index contributed by atoms with van der Waals surface area (Å²) in [6.07, 6.45) is 0. The van der Waals surface area contributed by atoms with E-state index < -0.39 is 5.97 Å². The van der Waals surface area contributed by atoms with Crippen molar-refractivity contribution in [3.63, 3.8) is 0 Å². The molecule has 35 heavy (non-hydrogen) atoms. The minimum Gasteiger partial charge on any atom is -0.493 e. The fraction of sp³-hybridized carbons (Fsp3) is 0.231. The molecule has 9 heteroatoms. The topological polar surface area (TPSA) is 90.9 Å². The lowest BCUT2D eigenvalue weighted by Gasteiger charge is -2.14. The van der Waals surface area contributed by atoms with Gasteiger partial charge in [0.2, 0.25) is 5.91 Å². The number of aromatic nitrogens is 2. The van der Waals surface area contributed by atoms with E-state index in [0.29, 0.717) is 51.0 Å². The molecule has 0 atom stereocenters. The Bertz CT molecular complexity index is 1380. The number of benzene rings is 2. The van der Waals surface area contributed by atoms with Gasteiger partial charge < -0.3 is 14.2 Å². The van der Waals surface area contributed by atoms with Crippen molar-refractivity contribution >= 4 is 39.2 Å². The smallest absolute Gasteiger partial charge is 0.339 e. The number of hydrogen-bond acceptors (Lipinski definition) is 8. The van der Waals surface area contributed by atoms with Gasteiger partial charge in [-0.1, -0.05) is 18.2 Å². The van der Waals surface area contributed by atoms with Gasteiger partial charge in [0, 0.05) is 29.8 Å². The number of thiazole rings is 1. The van der Waals surface area contributed by atoms with Crippen molar-refractivity contribution in [1.29, 1.82) is 0 Å². The van der Waals surface area contributed by atoms with Gasteiger partial charge in [0.1, 0.15) is 6.61 Å². The third kappa shape index (κ3) is 5.09. The van der Waals surface area contributed by atoms with Crippen LogP contribution in [0.15, 0.2) is 53.9 Å². The van der Waals surface area contributed by atoms with Crippen molar-refractivity contribution in [3.05, 3.63) is 65.2 Å². The van der Waals surface area contributed by atoms with Gasteiger partial charge in [-0.3, -0.25) is 9.69 Å². The number of ether oxygens (including phenoxy) is 3. The zero-order valence-electron chi connectivity index (χ0n) is 19.9. The van der Waals surface area contributed by atoms with Crippen molar-refractivity contribution in [2.24, 2.45) is 0 Å². The van der Waals surface area contributed by atoms with Gasteiger partial charge in [-0.15, -0.1) is 11.3 Å². The number of rotatable bonds is 8. The van der Waals surface area contributed by atoms with Crippen molar-refractivity contribution in [3.8, 4) is 22.8 Å². The second-order valence-corrected chi connectivity index (χ2v) is 8.44. The molecule has 0 bridgehead atoms. The number of amides is 1. The molecule has 0 aliphatic carbocycles. The number of para-hydroxylation sites is 1. The lowest BCUT2D eigenvalue weighted by Crippen LogP contribution is -2.27. The molecule has 0 saturated carbocycles. The van der Waals surface area contributed by atoms with Crippen molar-refractivity contribution in [1.82, 2.24) is 9.97 Å². The highest BCUT2D eigenvalue weighted by Crippen LogP contribution is 2.33. The number of carbonyl (C=O) groups is 2. The second kappa shape index (κ2) is 10.5. The monoisotopic (exact) mass is 491 g/mol. The van der Waals surface area contributed by atoms with Gasteiger partial charge in [0.15, 0.2) is 16.6 Å². The highest BCUT2D eigenvalue weighted by Gasteiger charge is 2.18. The van der Waals surface area contributed by atoms with Crippen LogP contribution in [0.4, 0.5) is 5.13 Å². The summed E-state index contributed by atoms with van der Waals surface area (Å²) in [4.78, 5) is 35.7. The molecule has 0 fully saturated rings. The summed E-state index contributed by atoms with van der Waals surface area (Å²) in [7, 11) is 3.14. The highest BCUT2D eigenvalue weighted by atomic mass is 32.1. The molecule has 0 N–H and O–H groups in total. The summed E-state index contributed by atoms with van der Waals surface area (Å²) in [6.45, 7) is 3.89. The maximum Gasteiger partial charge on any atom is 0.339 e. The third-order valence-electron chi connectivity index (χ3n) is 5.43. The molecule has 8 nitrogen and oxygen atoms in total. The van der Waals surface area contributed by atoms with Gasteiger partial charge in [0.05, 0.1) is 36.7 Å². The van der Waals surface area contributed by atoms with E-state index in [4.69, 9.17) is 19.2 Å². The average molecular weight is 492 g/mol. The zero-order valence-corrected chi connectivity index (χ0v) is 20.7. The van der Waals surface area contributed by atoms with Crippen LogP contribution < -0.4 is 14.4 Å². The lowest BCUT2D eigenvalue weighted by atomic mass is 10.0. The Morgan fingerprint density at radius 2 is 1.77 bits per heavy atom. The molecule has 2 aromatic heterocycles. The Labute approximate surface area is 207 Å². The van der Waals surface area contributed by atoms with E-state index >= 15 is 0 Å². The van der Waals surface area contributed by atoms with Crippen LogP contribution in [-0.2, 0) is 16.1 Å². The van der Waals surface area contributed by atoms with E-state index in [-0.39, 0.29) is 12.5 Å². The summed E-state index contributed by atoms with van der Waals surface area (Å²) in [5.41, 5.74) is 3.03. The average Bonchev–Trinajstić information content (AvgIpc) is 3.34. The van der Waals surface area contributed by atoms with Crippen LogP contribution in [0.2, 0.25) is 0 Å². The van der Waals surface area contributed by atoms with Crippen molar-refractivity contribution in [2.45, 2.75) is 20.5 Å². The van der Waals surface area contributed by atoms with Gasteiger partial charge in [-0.05, 0) is 37.3 Å². The first-order valence-electron chi connectivity index (χ1n) is 11.0. The number of anilines is 1. The third-order valence-corrected chi connectivity index (χ3v) is 6.35. The fourth-order valence-corrected chi connectivity index (χ4v) is 4.60. The maximum atomic E-state index is 13.2. The van der Waals surface area contributed by atoms with E-state index in [9.17, 15) is 9.59 Å². The number of fused-ring (bicyclic) bond motifs is 1. The molecule has 4 rings (SSSR count). The molecule has 0 unspecified atom stereocenters. The molecule has 4 aromatic rings. The largest absolute Gasteiger partial charge is 0.493 e. The predicted molar refractivity (Wildman–Crippen MR) is 135 cm³/mol. The number of hydrogen-bond donors (Lipinski definition) is 0. The molecule has 2 heterocycles. The van der Waals surface area contributed by atoms with Crippen LogP contribution in [0.5, 0.6) is 11.5 Å². The van der Waals surface area contributed by atoms with Crippen LogP contribution in [0.3, 0.4) is 0 Å². The van der Waals surface area contributed by atoms with E-state index in [1.54, 1.807) is 36.6 Å². The van der Waals surface area contributed by atoms with Crippen LogP contribution in [0, 0.1) is 0 Å². The van der Waals surface area contributed by atoms with Gasteiger partial charge in [0.25, 0.3) is 0 Å². The molecule has 0 radical (unpaired) electrons. The Morgan fingerprint density at radius 1 is 1.00 bits per heavy atom. The SMILES string of the molecule is CCN(C(C)=O)c1nc(COC(=O)c2cc(-c3ccc(OC)c(OC)c3)nc3ccccc23)cs1. The highest BCUT2D eigenvalue weighted by molar-refractivity contribution is 7.14. The molecule has 0 spiro atoms. The first-order valence-corrected chi connectivity index (χ1v) is 11.8. The molecule has 0 aliphatic heterocycles. The number of methoxy groups -OCH3 is 2. The summed E-state index contributed by atoms with van der Waals surface area (Å²) < 4.78 is 16.4. The summed E-state index contributed by atoms with van der Waals surface area (Å²) in [6, 6.07) is 14.6. The van der Waals surface area contributed by atoms with Crippen LogP contribution in [0.1, 0.15) is 29.9 Å². The standard InChI is InChI=1S/C26H25N3O5S/c1-5-29(16(2)30)26-27-18(15-35-26)14-34-25(31)20-13-22(28-21-9-7-6-8-19(20)21)17-10-11-23(32-3)24(12-17)33-4/h6-13,15H,5,14H2,1-4H3. The molecule has 0 saturated heterocycles. The first kappa shape index (κ1) is 24.2. The fourth-order valence-electron chi connectivity index (χ4n) is 3.68. The maximum absolute atomic E-state index is 13.2. The van der Waals surface area contributed by atoms with Crippen LogP contribution in [0.25, 0.3) is 22.2 Å².